The highest BCUT2D eigenvalue weighted by molar-refractivity contribution is 7.90. The summed E-state index contributed by atoms with van der Waals surface area (Å²) in [5.41, 5.74) is 0.516. The van der Waals surface area contributed by atoms with Gasteiger partial charge in [0.15, 0.2) is 11.5 Å². The summed E-state index contributed by atoms with van der Waals surface area (Å²) < 4.78 is 33.5. The molecule has 0 saturated carbocycles. The van der Waals surface area contributed by atoms with Crippen LogP contribution in [-0.2, 0) is 9.84 Å². The van der Waals surface area contributed by atoms with Gasteiger partial charge in [0.2, 0.25) is 0 Å². The molecular formula is C13H18O5S. The average molecular weight is 286 g/mol. The van der Waals surface area contributed by atoms with Crippen molar-refractivity contribution in [2.24, 2.45) is 5.92 Å². The molecule has 6 heteroatoms. The van der Waals surface area contributed by atoms with Crippen molar-refractivity contribution in [1.29, 1.82) is 0 Å². The first-order valence-electron chi connectivity index (χ1n) is 6.10. The first-order valence-corrected chi connectivity index (χ1v) is 8.16. The number of aliphatic hydroxyl groups excluding tert-OH is 1. The molecule has 0 fully saturated rings. The van der Waals surface area contributed by atoms with E-state index < -0.39 is 15.9 Å². The maximum Gasteiger partial charge on any atom is 0.161 e. The average Bonchev–Trinajstić information content (AvgIpc) is 2.49. The van der Waals surface area contributed by atoms with Crippen LogP contribution in [0, 0.1) is 5.92 Å². The number of aliphatic hydroxyl groups is 1. The molecule has 5 nitrogen and oxygen atoms in total. The third kappa shape index (κ3) is 3.84. The van der Waals surface area contributed by atoms with E-state index in [1.54, 1.807) is 18.2 Å². The van der Waals surface area contributed by atoms with Crippen LogP contribution in [0.2, 0.25) is 0 Å². The lowest BCUT2D eigenvalue weighted by atomic mass is 10.1. The van der Waals surface area contributed by atoms with E-state index in [1.807, 2.05) is 6.92 Å². The predicted octanol–water partition coefficient (Wildman–Crippen LogP) is 1.17. The maximum atomic E-state index is 11.2. The number of benzene rings is 1. The molecule has 0 amide bonds. The van der Waals surface area contributed by atoms with Gasteiger partial charge in [-0.2, -0.15) is 0 Å². The van der Waals surface area contributed by atoms with Crippen molar-refractivity contribution in [3.05, 3.63) is 23.8 Å². The Morgan fingerprint density at radius 2 is 1.95 bits per heavy atom. The lowest BCUT2D eigenvalue weighted by Crippen LogP contribution is -2.13. The largest absolute Gasteiger partial charge is 0.489 e. The molecule has 0 bridgehead atoms. The Bertz CT molecular complexity index is 552. The van der Waals surface area contributed by atoms with Gasteiger partial charge in [0.25, 0.3) is 0 Å². The molecule has 19 heavy (non-hydrogen) atoms. The van der Waals surface area contributed by atoms with Crippen LogP contribution in [0.1, 0.15) is 18.6 Å². The number of hydrogen-bond acceptors (Lipinski definition) is 5. The molecule has 2 rings (SSSR count). The minimum atomic E-state index is -3.23. The van der Waals surface area contributed by atoms with Gasteiger partial charge in [-0.15, -0.1) is 0 Å². The summed E-state index contributed by atoms with van der Waals surface area (Å²) in [6.07, 6.45) is 0.0469. The SMILES string of the molecule is CC1COc2ccc(C(O)CS(C)(=O)=O)cc2OC1. The highest BCUT2D eigenvalue weighted by Gasteiger charge is 2.19. The van der Waals surface area contributed by atoms with Crippen LogP contribution in [0.3, 0.4) is 0 Å². The number of hydrogen-bond donors (Lipinski definition) is 1. The highest BCUT2D eigenvalue weighted by Crippen LogP contribution is 2.33. The molecule has 0 aliphatic carbocycles. The summed E-state index contributed by atoms with van der Waals surface area (Å²) in [6.45, 7) is 3.14. The van der Waals surface area contributed by atoms with Crippen LogP contribution in [0.5, 0.6) is 11.5 Å². The molecule has 1 aromatic rings. The standard InChI is InChI=1S/C13H18O5S/c1-9-6-17-12-4-3-10(5-13(12)18-7-9)11(14)8-19(2,15)16/h3-5,9,11,14H,6-8H2,1-2H3. The van der Waals surface area contributed by atoms with E-state index in [9.17, 15) is 13.5 Å². The summed E-state index contributed by atoms with van der Waals surface area (Å²) in [5, 5.41) is 9.90. The van der Waals surface area contributed by atoms with E-state index in [4.69, 9.17) is 9.47 Å². The van der Waals surface area contributed by atoms with Crippen LogP contribution in [0.15, 0.2) is 18.2 Å². The summed E-state index contributed by atoms with van der Waals surface area (Å²) in [7, 11) is -3.23. The fraction of sp³-hybridized carbons (Fsp3) is 0.538. The van der Waals surface area contributed by atoms with Crippen LogP contribution >= 0.6 is 0 Å². The van der Waals surface area contributed by atoms with E-state index in [2.05, 4.69) is 0 Å². The molecule has 1 heterocycles. The lowest BCUT2D eigenvalue weighted by Gasteiger charge is -2.13. The van der Waals surface area contributed by atoms with Crippen molar-refractivity contribution in [2.45, 2.75) is 13.0 Å². The van der Waals surface area contributed by atoms with Crippen molar-refractivity contribution in [1.82, 2.24) is 0 Å². The van der Waals surface area contributed by atoms with E-state index in [1.165, 1.54) is 0 Å². The minimum Gasteiger partial charge on any atom is -0.489 e. The fourth-order valence-corrected chi connectivity index (χ4v) is 2.63. The lowest BCUT2D eigenvalue weighted by molar-refractivity contribution is 0.200. The van der Waals surface area contributed by atoms with Crippen molar-refractivity contribution in [3.8, 4) is 11.5 Å². The van der Waals surface area contributed by atoms with Crippen LogP contribution in [0.4, 0.5) is 0 Å². The Morgan fingerprint density at radius 1 is 1.32 bits per heavy atom. The van der Waals surface area contributed by atoms with E-state index in [0.29, 0.717) is 30.3 Å². The first kappa shape index (κ1) is 14.1. The maximum absolute atomic E-state index is 11.2. The second-order valence-corrected chi connectivity index (χ2v) is 7.23. The molecule has 1 aliphatic rings. The minimum absolute atomic E-state index is 0.289. The Morgan fingerprint density at radius 3 is 2.58 bits per heavy atom. The normalized spacial score (nSPS) is 20.7. The van der Waals surface area contributed by atoms with Gasteiger partial charge in [-0.3, -0.25) is 0 Å². The van der Waals surface area contributed by atoms with Crippen LogP contribution < -0.4 is 9.47 Å². The summed E-state index contributed by atoms with van der Waals surface area (Å²) in [4.78, 5) is 0. The molecule has 2 unspecified atom stereocenters. The van der Waals surface area contributed by atoms with E-state index >= 15 is 0 Å². The van der Waals surface area contributed by atoms with Crippen LogP contribution in [0.25, 0.3) is 0 Å². The highest BCUT2D eigenvalue weighted by atomic mass is 32.2. The number of fused-ring (bicyclic) bond motifs is 1. The van der Waals surface area contributed by atoms with Gasteiger partial charge in [-0.25, -0.2) is 8.42 Å². The summed E-state index contributed by atoms with van der Waals surface area (Å²) >= 11 is 0. The van der Waals surface area contributed by atoms with Crippen molar-refractivity contribution < 1.29 is 23.0 Å². The quantitative estimate of drug-likeness (QED) is 0.903. The Balaban J connectivity index is 2.21. The molecular weight excluding hydrogens is 268 g/mol. The zero-order valence-electron chi connectivity index (χ0n) is 11.0. The third-order valence-corrected chi connectivity index (χ3v) is 3.78. The third-order valence-electron chi connectivity index (χ3n) is 2.86. The smallest absolute Gasteiger partial charge is 0.161 e. The molecule has 0 spiro atoms. The van der Waals surface area contributed by atoms with Gasteiger partial charge in [-0.05, 0) is 17.7 Å². The summed E-state index contributed by atoms with van der Waals surface area (Å²) in [6, 6.07) is 5.01. The molecule has 1 aliphatic heterocycles. The molecule has 106 valence electrons. The van der Waals surface area contributed by atoms with Gasteiger partial charge in [0, 0.05) is 12.2 Å². The van der Waals surface area contributed by atoms with Crippen molar-refractivity contribution >= 4 is 9.84 Å². The number of ether oxygens (including phenoxy) is 2. The summed E-state index contributed by atoms with van der Waals surface area (Å²) in [5.74, 6) is 1.16. The number of rotatable bonds is 3. The zero-order valence-corrected chi connectivity index (χ0v) is 11.8. The van der Waals surface area contributed by atoms with Gasteiger partial charge in [0.05, 0.1) is 25.1 Å². The fourth-order valence-electron chi connectivity index (χ4n) is 1.86. The molecule has 0 aromatic heterocycles. The van der Waals surface area contributed by atoms with Crippen molar-refractivity contribution in [2.75, 3.05) is 25.2 Å². The van der Waals surface area contributed by atoms with Gasteiger partial charge in [-0.1, -0.05) is 13.0 Å². The molecule has 0 radical (unpaired) electrons. The van der Waals surface area contributed by atoms with Crippen LogP contribution in [-0.4, -0.2) is 38.7 Å². The van der Waals surface area contributed by atoms with Gasteiger partial charge in [0.1, 0.15) is 9.84 Å². The Labute approximate surface area is 113 Å². The molecule has 1 N–H and O–H groups in total. The Hall–Kier alpha value is -1.27. The zero-order chi connectivity index (χ0) is 14.0. The monoisotopic (exact) mass is 286 g/mol. The second kappa shape index (κ2) is 5.38. The second-order valence-electron chi connectivity index (χ2n) is 5.04. The van der Waals surface area contributed by atoms with E-state index in [-0.39, 0.29) is 11.7 Å². The van der Waals surface area contributed by atoms with Gasteiger partial charge >= 0.3 is 0 Å². The Kier molecular flexibility index (Phi) is 4.01. The predicted molar refractivity (Wildman–Crippen MR) is 71.3 cm³/mol. The molecule has 0 saturated heterocycles. The first-order chi connectivity index (χ1) is 8.85. The topological polar surface area (TPSA) is 72.8 Å². The molecule has 2 atom stereocenters. The van der Waals surface area contributed by atoms with Crippen molar-refractivity contribution in [3.63, 3.8) is 0 Å². The van der Waals surface area contributed by atoms with E-state index in [0.717, 1.165) is 6.26 Å². The van der Waals surface area contributed by atoms with Gasteiger partial charge < -0.3 is 14.6 Å². The molecule has 1 aromatic carbocycles. The number of sulfone groups is 1.